The number of rotatable bonds is 2. The molecule has 0 aliphatic carbocycles. The van der Waals surface area contributed by atoms with Crippen molar-refractivity contribution in [1.29, 1.82) is 0 Å². The molecule has 1 aliphatic heterocycles. The first-order chi connectivity index (χ1) is 9.56. The number of benzene rings is 2. The molecular formula is C12H7N3O5. The molecule has 100 valence electrons. The second-order valence-electron chi connectivity index (χ2n) is 4.08. The first-order valence-corrected chi connectivity index (χ1v) is 5.57. The molecule has 0 saturated heterocycles. The lowest BCUT2D eigenvalue weighted by molar-refractivity contribution is -0.394. The fourth-order valence-electron chi connectivity index (χ4n) is 1.95. The van der Waals surface area contributed by atoms with Crippen LogP contribution in [0, 0.1) is 20.2 Å². The van der Waals surface area contributed by atoms with E-state index in [1.807, 2.05) is 0 Å². The highest BCUT2D eigenvalue weighted by Crippen LogP contribution is 2.48. The van der Waals surface area contributed by atoms with E-state index in [9.17, 15) is 20.2 Å². The summed E-state index contributed by atoms with van der Waals surface area (Å²) in [6, 6.07) is 8.93. The van der Waals surface area contributed by atoms with Crippen LogP contribution in [0.1, 0.15) is 0 Å². The minimum absolute atomic E-state index is 0.0284. The lowest BCUT2D eigenvalue weighted by Crippen LogP contribution is -2.06. The average Bonchev–Trinajstić information content (AvgIpc) is 2.43. The number of nitrogens with one attached hydrogen (secondary N) is 1. The Labute approximate surface area is 111 Å². The van der Waals surface area contributed by atoms with E-state index in [1.54, 1.807) is 24.3 Å². The van der Waals surface area contributed by atoms with Crippen molar-refractivity contribution < 1.29 is 14.6 Å². The van der Waals surface area contributed by atoms with Crippen LogP contribution < -0.4 is 10.1 Å². The van der Waals surface area contributed by atoms with Crippen molar-refractivity contribution in [3.8, 4) is 11.5 Å². The number of fused-ring (bicyclic) bond motifs is 2. The number of nitro groups is 2. The van der Waals surface area contributed by atoms with Crippen molar-refractivity contribution in [3.05, 3.63) is 56.6 Å². The van der Waals surface area contributed by atoms with Gasteiger partial charge >= 0.3 is 5.69 Å². The minimum Gasteiger partial charge on any atom is -0.446 e. The average molecular weight is 273 g/mol. The van der Waals surface area contributed by atoms with E-state index in [4.69, 9.17) is 4.74 Å². The molecular weight excluding hydrogens is 266 g/mol. The van der Waals surface area contributed by atoms with E-state index in [-0.39, 0.29) is 17.1 Å². The maximum Gasteiger partial charge on any atom is 0.320 e. The number of hydrogen-bond acceptors (Lipinski definition) is 6. The summed E-state index contributed by atoms with van der Waals surface area (Å²) in [5.41, 5.74) is -0.0264. The molecule has 0 bridgehead atoms. The van der Waals surface area contributed by atoms with E-state index >= 15 is 0 Å². The standard InChI is InChI=1S/C12H7N3O5/c16-14(17)7-5-9-12(10(6-7)15(18)19)20-11-4-2-1-3-8(11)13-9/h1-6,13H. The molecule has 2 aromatic carbocycles. The summed E-state index contributed by atoms with van der Waals surface area (Å²) < 4.78 is 5.48. The second-order valence-corrected chi connectivity index (χ2v) is 4.08. The largest absolute Gasteiger partial charge is 0.446 e. The first kappa shape index (κ1) is 11.9. The molecule has 0 saturated carbocycles. The molecule has 3 rings (SSSR count). The van der Waals surface area contributed by atoms with E-state index in [0.717, 1.165) is 6.07 Å². The maximum absolute atomic E-state index is 11.0. The van der Waals surface area contributed by atoms with E-state index in [0.29, 0.717) is 11.4 Å². The van der Waals surface area contributed by atoms with E-state index in [2.05, 4.69) is 5.32 Å². The highest BCUT2D eigenvalue weighted by molar-refractivity contribution is 5.81. The third kappa shape index (κ3) is 1.79. The predicted molar refractivity (Wildman–Crippen MR) is 69.5 cm³/mol. The van der Waals surface area contributed by atoms with Crippen molar-refractivity contribution >= 4 is 22.7 Å². The highest BCUT2D eigenvalue weighted by atomic mass is 16.6. The number of para-hydroxylation sites is 2. The fraction of sp³-hybridized carbons (Fsp3) is 0. The highest BCUT2D eigenvalue weighted by Gasteiger charge is 2.29. The van der Waals surface area contributed by atoms with Crippen LogP contribution in [0.2, 0.25) is 0 Å². The van der Waals surface area contributed by atoms with Gasteiger partial charge in [-0.05, 0) is 12.1 Å². The predicted octanol–water partition coefficient (Wildman–Crippen LogP) is 3.35. The molecule has 0 radical (unpaired) electrons. The molecule has 0 fully saturated rings. The number of hydrogen-bond donors (Lipinski definition) is 1. The zero-order chi connectivity index (χ0) is 14.3. The van der Waals surface area contributed by atoms with Crippen molar-refractivity contribution in [1.82, 2.24) is 0 Å². The van der Waals surface area contributed by atoms with Crippen LogP contribution in [0.15, 0.2) is 36.4 Å². The van der Waals surface area contributed by atoms with Gasteiger partial charge in [-0.2, -0.15) is 0 Å². The second kappa shape index (κ2) is 4.19. The van der Waals surface area contributed by atoms with Gasteiger partial charge in [-0.3, -0.25) is 20.2 Å². The summed E-state index contributed by atoms with van der Waals surface area (Å²) in [7, 11) is 0. The van der Waals surface area contributed by atoms with Gasteiger partial charge in [0, 0.05) is 6.07 Å². The molecule has 0 atom stereocenters. The third-order valence-corrected chi connectivity index (χ3v) is 2.83. The minimum atomic E-state index is -0.707. The van der Waals surface area contributed by atoms with Gasteiger partial charge in [-0.25, -0.2) is 0 Å². The normalized spacial score (nSPS) is 11.6. The molecule has 2 aromatic rings. The summed E-state index contributed by atoms with van der Waals surface area (Å²) in [6.07, 6.45) is 0. The Morgan fingerprint density at radius 1 is 1.00 bits per heavy atom. The summed E-state index contributed by atoms with van der Waals surface area (Å²) in [5, 5.41) is 24.8. The van der Waals surface area contributed by atoms with Gasteiger partial charge in [-0.1, -0.05) is 12.1 Å². The van der Waals surface area contributed by atoms with E-state index in [1.165, 1.54) is 6.07 Å². The Morgan fingerprint density at radius 3 is 2.45 bits per heavy atom. The number of anilines is 2. The van der Waals surface area contributed by atoms with Gasteiger partial charge in [0.2, 0.25) is 5.75 Å². The Morgan fingerprint density at radius 2 is 1.75 bits per heavy atom. The van der Waals surface area contributed by atoms with Crippen LogP contribution in [0.25, 0.3) is 0 Å². The summed E-state index contributed by atoms with van der Waals surface area (Å²) in [4.78, 5) is 20.5. The summed E-state index contributed by atoms with van der Waals surface area (Å²) >= 11 is 0. The molecule has 20 heavy (non-hydrogen) atoms. The number of nitrogens with zero attached hydrogens (tertiary/aromatic N) is 2. The van der Waals surface area contributed by atoms with E-state index < -0.39 is 15.5 Å². The molecule has 8 nitrogen and oxygen atoms in total. The van der Waals surface area contributed by atoms with Gasteiger partial charge in [0.1, 0.15) is 0 Å². The Hall–Kier alpha value is -3.16. The number of ether oxygens (including phenoxy) is 1. The molecule has 0 aromatic heterocycles. The summed E-state index contributed by atoms with van der Waals surface area (Å²) in [5.74, 6) is 0.399. The molecule has 1 aliphatic rings. The van der Waals surface area contributed by atoms with Gasteiger partial charge in [0.25, 0.3) is 5.69 Å². The van der Waals surface area contributed by atoms with Crippen molar-refractivity contribution in [2.45, 2.75) is 0 Å². The molecule has 1 N–H and O–H groups in total. The molecule has 0 amide bonds. The van der Waals surface area contributed by atoms with Gasteiger partial charge in [0.15, 0.2) is 5.75 Å². The zero-order valence-electron chi connectivity index (χ0n) is 9.90. The number of non-ortho nitro benzene ring substituents is 1. The Kier molecular flexibility index (Phi) is 2.50. The van der Waals surface area contributed by atoms with Crippen molar-refractivity contribution in [2.24, 2.45) is 0 Å². The summed E-state index contributed by atoms with van der Waals surface area (Å²) in [6.45, 7) is 0. The Balaban J connectivity index is 2.19. The van der Waals surface area contributed by atoms with Gasteiger partial charge in [0.05, 0.1) is 27.3 Å². The molecule has 0 spiro atoms. The topological polar surface area (TPSA) is 108 Å². The first-order valence-electron chi connectivity index (χ1n) is 5.57. The van der Waals surface area contributed by atoms with Gasteiger partial charge < -0.3 is 10.1 Å². The lowest BCUT2D eigenvalue weighted by atomic mass is 10.1. The Bertz CT molecular complexity index is 744. The number of nitro benzene ring substituents is 2. The van der Waals surface area contributed by atoms with Crippen LogP contribution in [-0.4, -0.2) is 9.85 Å². The monoisotopic (exact) mass is 273 g/mol. The lowest BCUT2D eigenvalue weighted by Gasteiger charge is -2.20. The zero-order valence-corrected chi connectivity index (χ0v) is 9.90. The van der Waals surface area contributed by atoms with Crippen LogP contribution in [0.3, 0.4) is 0 Å². The van der Waals surface area contributed by atoms with Crippen LogP contribution in [0.4, 0.5) is 22.7 Å². The smallest absolute Gasteiger partial charge is 0.320 e. The van der Waals surface area contributed by atoms with Crippen molar-refractivity contribution in [3.63, 3.8) is 0 Å². The SMILES string of the molecule is O=[N+]([O-])c1cc2c(c([N+](=O)[O-])c1)Oc1ccccc1N2. The molecule has 1 heterocycles. The van der Waals surface area contributed by atoms with Crippen LogP contribution in [0.5, 0.6) is 11.5 Å². The molecule has 0 unspecified atom stereocenters. The van der Waals surface area contributed by atoms with Crippen LogP contribution in [-0.2, 0) is 0 Å². The van der Waals surface area contributed by atoms with Crippen LogP contribution >= 0.6 is 0 Å². The third-order valence-electron chi connectivity index (χ3n) is 2.83. The quantitative estimate of drug-likeness (QED) is 0.566. The van der Waals surface area contributed by atoms with Crippen molar-refractivity contribution in [2.75, 3.05) is 5.32 Å². The molecule has 8 heteroatoms. The van der Waals surface area contributed by atoms with Gasteiger partial charge in [-0.15, -0.1) is 0 Å². The fourth-order valence-corrected chi connectivity index (χ4v) is 1.95. The maximum atomic E-state index is 11.0.